The van der Waals surface area contributed by atoms with Gasteiger partial charge < -0.3 is 9.64 Å². The number of aryl methyl sites for hydroxylation is 2. The molecule has 0 atom stereocenters. The predicted molar refractivity (Wildman–Crippen MR) is 75.8 cm³/mol. The highest BCUT2D eigenvalue weighted by Crippen LogP contribution is 2.26. The third-order valence-electron chi connectivity index (χ3n) is 3.66. The van der Waals surface area contributed by atoms with Crippen LogP contribution in [0.4, 0.5) is 0 Å². The highest BCUT2D eigenvalue weighted by atomic mass is 35.5. The Morgan fingerprint density at radius 3 is 2.39 bits per heavy atom. The van der Waals surface area contributed by atoms with Gasteiger partial charge in [-0.1, -0.05) is 11.6 Å². The molecule has 2 rings (SSSR count). The van der Waals surface area contributed by atoms with Crippen LogP contribution in [-0.2, 0) is 0 Å². The zero-order valence-corrected chi connectivity index (χ0v) is 12.1. The normalized spacial score (nSPS) is 16.2. The number of nitrogens with one attached hydrogen (secondary N) is 1. The van der Waals surface area contributed by atoms with Crippen LogP contribution in [0.3, 0.4) is 0 Å². The van der Waals surface area contributed by atoms with Crippen LogP contribution in [0.5, 0.6) is 5.75 Å². The summed E-state index contributed by atoms with van der Waals surface area (Å²) < 4.78 is 5.91. The van der Waals surface area contributed by atoms with Crippen molar-refractivity contribution in [3.05, 3.63) is 28.3 Å². The summed E-state index contributed by atoms with van der Waals surface area (Å²) in [5, 5.41) is 0.791. The van der Waals surface area contributed by atoms with Crippen molar-refractivity contribution in [2.75, 3.05) is 26.2 Å². The number of halogens is 1. The third-order valence-corrected chi connectivity index (χ3v) is 3.88. The molecule has 3 heteroatoms. The van der Waals surface area contributed by atoms with E-state index in [1.165, 1.54) is 32.5 Å². The van der Waals surface area contributed by atoms with Gasteiger partial charge in [-0.05, 0) is 37.1 Å². The van der Waals surface area contributed by atoms with Gasteiger partial charge in [-0.3, -0.25) is 0 Å². The number of ether oxygens (including phenoxy) is 1. The van der Waals surface area contributed by atoms with E-state index in [1.54, 1.807) is 4.90 Å². The first-order valence-electron chi connectivity index (χ1n) is 6.90. The van der Waals surface area contributed by atoms with Crippen LogP contribution in [0.2, 0.25) is 5.02 Å². The Kier molecular flexibility index (Phi) is 4.90. The average Bonchev–Trinajstić information content (AvgIpc) is 2.79. The second kappa shape index (κ2) is 6.44. The van der Waals surface area contributed by atoms with Gasteiger partial charge in [0, 0.05) is 24.3 Å². The molecule has 18 heavy (non-hydrogen) atoms. The van der Waals surface area contributed by atoms with Gasteiger partial charge in [0.15, 0.2) is 0 Å². The monoisotopic (exact) mass is 268 g/mol. The third kappa shape index (κ3) is 3.63. The van der Waals surface area contributed by atoms with Gasteiger partial charge >= 0.3 is 0 Å². The standard InChI is InChI=1S/C15H22ClNO/c1-12-10-14(16)11-13(2)15(12)18-9-5-8-17-6-3-4-7-17/h10-11H,3-9H2,1-2H3/p+1. The van der Waals surface area contributed by atoms with Gasteiger partial charge in [-0.15, -0.1) is 0 Å². The smallest absolute Gasteiger partial charge is 0.125 e. The van der Waals surface area contributed by atoms with E-state index in [2.05, 4.69) is 13.8 Å². The summed E-state index contributed by atoms with van der Waals surface area (Å²) in [6.07, 6.45) is 3.92. The lowest BCUT2D eigenvalue weighted by Gasteiger charge is -2.14. The molecule has 1 aromatic carbocycles. The zero-order valence-electron chi connectivity index (χ0n) is 11.4. The summed E-state index contributed by atoms with van der Waals surface area (Å²) in [6, 6.07) is 3.94. The minimum absolute atomic E-state index is 0.791. The van der Waals surface area contributed by atoms with Crippen LogP contribution in [0, 0.1) is 13.8 Å². The van der Waals surface area contributed by atoms with Gasteiger partial charge in [-0.2, -0.15) is 0 Å². The van der Waals surface area contributed by atoms with Gasteiger partial charge in [0.2, 0.25) is 0 Å². The van der Waals surface area contributed by atoms with E-state index in [0.717, 1.165) is 34.9 Å². The van der Waals surface area contributed by atoms with Crippen molar-refractivity contribution in [2.24, 2.45) is 0 Å². The molecular weight excluding hydrogens is 246 g/mol. The molecule has 0 unspecified atom stereocenters. The van der Waals surface area contributed by atoms with Crippen molar-refractivity contribution in [1.29, 1.82) is 0 Å². The predicted octanol–water partition coefficient (Wildman–Crippen LogP) is 2.40. The molecule has 0 amide bonds. The Morgan fingerprint density at radius 2 is 1.78 bits per heavy atom. The van der Waals surface area contributed by atoms with Gasteiger partial charge in [0.25, 0.3) is 0 Å². The Labute approximate surface area is 115 Å². The maximum absolute atomic E-state index is 6.01. The van der Waals surface area contributed by atoms with E-state index in [4.69, 9.17) is 16.3 Å². The van der Waals surface area contributed by atoms with Gasteiger partial charge in [0.05, 0.1) is 26.2 Å². The molecule has 1 aromatic rings. The quantitative estimate of drug-likeness (QED) is 0.810. The van der Waals surface area contributed by atoms with Crippen molar-refractivity contribution in [2.45, 2.75) is 33.1 Å². The summed E-state index contributed by atoms with van der Waals surface area (Å²) >= 11 is 6.01. The molecule has 0 spiro atoms. The Bertz CT molecular complexity index is 376. The number of hydrogen-bond donors (Lipinski definition) is 1. The summed E-state index contributed by atoms with van der Waals surface area (Å²) in [5.74, 6) is 1.01. The van der Waals surface area contributed by atoms with E-state index >= 15 is 0 Å². The van der Waals surface area contributed by atoms with Crippen LogP contribution in [0.1, 0.15) is 30.4 Å². The molecule has 0 saturated carbocycles. The second-order valence-electron chi connectivity index (χ2n) is 5.28. The first kappa shape index (κ1) is 13.7. The Morgan fingerprint density at radius 1 is 1.17 bits per heavy atom. The van der Waals surface area contributed by atoms with Crippen LogP contribution >= 0.6 is 11.6 Å². The van der Waals surface area contributed by atoms with Gasteiger partial charge in [-0.25, -0.2) is 0 Å². The molecule has 1 heterocycles. The fraction of sp³-hybridized carbons (Fsp3) is 0.600. The van der Waals surface area contributed by atoms with E-state index in [9.17, 15) is 0 Å². The van der Waals surface area contributed by atoms with Crippen molar-refractivity contribution in [3.63, 3.8) is 0 Å². The molecule has 2 nitrogen and oxygen atoms in total. The lowest BCUT2D eigenvalue weighted by molar-refractivity contribution is -0.887. The number of hydrogen-bond acceptors (Lipinski definition) is 1. The van der Waals surface area contributed by atoms with Crippen LogP contribution < -0.4 is 9.64 Å². The SMILES string of the molecule is Cc1cc(Cl)cc(C)c1OCCC[NH+]1CCCC1. The highest BCUT2D eigenvalue weighted by molar-refractivity contribution is 6.30. The number of benzene rings is 1. The average molecular weight is 269 g/mol. The Balaban J connectivity index is 1.79. The fourth-order valence-corrected chi connectivity index (χ4v) is 3.07. The topological polar surface area (TPSA) is 13.7 Å². The molecule has 0 radical (unpaired) electrons. The first-order chi connectivity index (χ1) is 8.66. The van der Waals surface area contributed by atoms with Crippen molar-refractivity contribution >= 4 is 11.6 Å². The molecular formula is C15H23ClNO+. The lowest BCUT2D eigenvalue weighted by atomic mass is 10.1. The molecule has 0 aromatic heterocycles. The molecule has 100 valence electrons. The molecule has 1 saturated heterocycles. The fourth-order valence-electron chi connectivity index (χ4n) is 2.75. The summed E-state index contributed by atoms with van der Waals surface area (Å²) in [7, 11) is 0. The molecule has 1 fully saturated rings. The summed E-state index contributed by atoms with van der Waals surface area (Å²) in [6.45, 7) is 8.86. The second-order valence-corrected chi connectivity index (χ2v) is 5.71. The largest absolute Gasteiger partial charge is 0.493 e. The minimum Gasteiger partial charge on any atom is -0.493 e. The van der Waals surface area contributed by atoms with Crippen LogP contribution in [0.25, 0.3) is 0 Å². The van der Waals surface area contributed by atoms with E-state index in [-0.39, 0.29) is 0 Å². The number of rotatable bonds is 5. The maximum atomic E-state index is 6.01. The maximum Gasteiger partial charge on any atom is 0.125 e. The molecule has 1 aliphatic heterocycles. The van der Waals surface area contributed by atoms with Crippen LogP contribution in [0.15, 0.2) is 12.1 Å². The summed E-state index contributed by atoms with van der Waals surface area (Å²) in [4.78, 5) is 1.74. The van der Waals surface area contributed by atoms with Crippen LogP contribution in [-0.4, -0.2) is 26.2 Å². The molecule has 1 N–H and O–H groups in total. The Hall–Kier alpha value is -0.730. The van der Waals surface area contributed by atoms with Crippen molar-refractivity contribution in [3.8, 4) is 5.75 Å². The summed E-state index contributed by atoms with van der Waals surface area (Å²) in [5.41, 5.74) is 2.27. The van der Waals surface area contributed by atoms with E-state index in [1.807, 2.05) is 12.1 Å². The molecule has 0 bridgehead atoms. The minimum atomic E-state index is 0.791. The van der Waals surface area contributed by atoms with Crippen molar-refractivity contribution < 1.29 is 9.64 Å². The van der Waals surface area contributed by atoms with E-state index < -0.39 is 0 Å². The lowest BCUT2D eigenvalue weighted by Crippen LogP contribution is -3.10. The zero-order chi connectivity index (χ0) is 13.0. The number of likely N-dealkylation sites (tertiary alicyclic amines) is 1. The van der Waals surface area contributed by atoms with Gasteiger partial charge in [0.1, 0.15) is 5.75 Å². The van der Waals surface area contributed by atoms with E-state index in [0.29, 0.717) is 0 Å². The highest BCUT2D eigenvalue weighted by Gasteiger charge is 2.14. The first-order valence-corrected chi connectivity index (χ1v) is 7.28. The number of quaternary nitrogens is 1. The van der Waals surface area contributed by atoms with Crippen molar-refractivity contribution in [1.82, 2.24) is 0 Å². The molecule has 1 aliphatic rings. The molecule has 0 aliphatic carbocycles.